The van der Waals surface area contributed by atoms with Gasteiger partial charge in [-0.2, -0.15) is 0 Å². The lowest BCUT2D eigenvalue weighted by Crippen LogP contribution is -2.45. The fourth-order valence-electron chi connectivity index (χ4n) is 1.78. The lowest BCUT2D eigenvalue weighted by atomic mass is 9.87. The van der Waals surface area contributed by atoms with Crippen LogP contribution in [0, 0.1) is 5.41 Å². The Morgan fingerprint density at radius 3 is 2.40 bits per heavy atom. The van der Waals surface area contributed by atoms with Gasteiger partial charge in [-0.3, -0.25) is 0 Å². The molecule has 0 aromatic heterocycles. The number of nitrogens with one attached hydrogen (secondary N) is 2. The van der Waals surface area contributed by atoms with Crippen LogP contribution < -0.4 is 10.6 Å². The van der Waals surface area contributed by atoms with Crippen molar-refractivity contribution in [3.63, 3.8) is 0 Å². The number of amides is 2. The molecular weight excluding hydrogens is 260 g/mol. The molecule has 0 aromatic carbocycles. The zero-order valence-corrected chi connectivity index (χ0v) is 13.0. The summed E-state index contributed by atoms with van der Waals surface area (Å²) in [5, 5.41) is 14.0. The van der Waals surface area contributed by atoms with Crippen molar-refractivity contribution < 1.29 is 19.4 Å². The van der Waals surface area contributed by atoms with Gasteiger partial charge < -0.3 is 20.5 Å². The lowest BCUT2D eigenvalue weighted by Gasteiger charge is -2.25. The standard InChI is InChI=1S/C14H28N2O4/c1-5-6-7-8-14(2,3)10-16-13(19)15-9-11(20-4)12(17)18/h11H,5-10H2,1-4H3,(H,17,18)(H2,15,16,19). The van der Waals surface area contributed by atoms with Crippen LogP contribution in [0.4, 0.5) is 4.79 Å². The van der Waals surface area contributed by atoms with Crippen LogP contribution in [0.5, 0.6) is 0 Å². The van der Waals surface area contributed by atoms with Crippen LogP contribution in [0.1, 0.15) is 46.5 Å². The van der Waals surface area contributed by atoms with Crippen LogP contribution in [0.25, 0.3) is 0 Å². The van der Waals surface area contributed by atoms with E-state index in [0.717, 1.165) is 12.8 Å². The maximum atomic E-state index is 11.6. The van der Waals surface area contributed by atoms with Crippen molar-refractivity contribution in [2.45, 2.75) is 52.6 Å². The number of methoxy groups -OCH3 is 1. The van der Waals surface area contributed by atoms with E-state index >= 15 is 0 Å². The average Bonchev–Trinajstić information content (AvgIpc) is 2.37. The number of carbonyl (C=O) groups excluding carboxylic acids is 1. The minimum atomic E-state index is -1.09. The first-order valence-electron chi connectivity index (χ1n) is 7.09. The normalized spacial score (nSPS) is 12.8. The van der Waals surface area contributed by atoms with Gasteiger partial charge in [0.25, 0.3) is 0 Å². The van der Waals surface area contributed by atoms with E-state index < -0.39 is 12.1 Å². The predicted octanol–water partition coefficient (Wildman–Crippen LogP) is 1.99. The largest absolute Gasteiger partial charge is 0.479 e. The molecule has 0 rings (SSSR count). The van der Waals surface area contributed by atoms with Crippen molar-refractivity contribution in [1.82, 2.24) is 10.6 Å². The number of rotatable bonds is 10. The number of urea groups is 1. The number of hydrogen-bond acceptors (Lipinski definition) is 3. The summed E-state index contributed by atoms with van der Waals surface area (Å²) in [6, 6.07) is -0.364. The Bertz CT molecular complexity index is 306. The number of hydrogen-bond donors (Lipinski definition) is 3. The number of aliphatic carboxylic acids is 1. The Morgan fingerprint density at radius 2 is 1.90 bits per heavy atom. The highest BCUT2D eigenvalue weighted by Gasteiger charge is 2.20. The summed E-state index contributed by atoms with van der Waals surface area (Å²) < 4.78 is 4.73. The van der Waals surface area contributed by atoms with Gasteiger partial charge in [0.15, 0.2) is 6.10 Å². The van der Waals surface area contributed by atoms with E-state index in [-0.39, 0.29) is 18.0 Å². The van der Waals surface area contributed by atoms with E-state index in [1.54, 1.807) is 0 Å². The summed E-state index contributed by atoms with van der Waals surface area (Å²) in [5.74, 6) is -1.09. The van der Waals surface area contributed by atoms with Crippen molar-refractivity contribution in [2.75, 3.05) is 20.2 Å². The van der Waals surface area contributed by atoms with Gasteiger partial charge >= 0.3 is 12.0 Å². The molecule has 6 heteroatoms. The number of carboxylic acids is 1. The van der Waals surface area contributed by atoms with E-state index in [1.165, 1.54) is 20.0 Å². The van der Waals surface area contributed by atoms with E-state index in [1.807, 2.05) is 0 Å². The fraction of sp³-hybridized carbons (Fsp3) is 0.857. The molecular formula is C14H28N2O4. The highest BCUT2D eigenvalue weighted by molar-refractivity contribution is 5.76. The zero-order valence-electron chi connectivity index (χ0n) is 13.0. The highest BCUT2D eigenvalue weighted by Crippen LogP contribution is 2.22. The van der Waals surface area contributed by atoms with Crippen molar-refractivity contribution in [1.29, 1.82) is 0 Å². The molecule has 0 aliphatic rings. The molecule has 1 atom stereocenters. The zero-order chi connectivity index (χ0) is 15.6. The number of carboxylic acid groups (broad SMARTS) is 1. The molecule has 0 fully saturated rings. The molecule has 20 heavy (non-hydrogen) atoms. The van der Waals surface area contributed by atoms with Crippen LogP contribution >= 0.6 is 0 Å². The molecule has 0 radical (unpaired) electrons. The molecule has 0 aliphatic carbocycles. The summed E-state index contributed by atoms with van der Waals surface area (Å²) in [7, 11) is 1.30. The Labute approximate surface area is 121 Å². The van der Waals surface area contributed by atoms with Crippen molar-refractivity contribution in [3.05, 3.63) is 0 Å². The second kappa shape index (κ2) is 9.58. The maximum absolute atomic E-state index is 11.6. The van der Waals surface area contributed by atoms with Crippen molar-refractivity contribution in [2.24, 2.45) is 5.41 Å². The molecule has 0 bridgehead atoms. The summed E-state index contributed by atoms with van der Waals surface area (Å²) >= 11 is 0. The third-order valence-corrected chi connectivity index (χ3v) is 3.19. The van der Waals surface area contributed by atoms with Gasteiger partial charge in [-0.25, -0.2) is 9.59 Å². The van der Waals surface area contributed by atoms with Gasteiger partial charge in [-0.15, -0.1) is 0 Å². The quantitative estimate of drug-likeness (QED) is 0.536. The third kappa shape index (κ3) is 8.74. The lowest BCUT2D eigenvalue weighted by molar-refractivity contribution is -0.147. The number of carbonyl (C=O) groups is 2. The highest BCUT2D eigenvalue weighted by atomic mass is 16.5. The van der Waals surface area contributed by atoms with Crippen LogP contribution in [-0.2, 0) is 9.53 Å². The SMILES string of the molecule is CCCCCC(C)(C)CNC(=O)NCC(OC)C(=O)O. The van der Waals surface area contributed by atoms with Gasteiger partial charge in [0.05, 0.1) is 6.54 Å². The summed E-state index contributed by atoms with van der Waals surface area (Å²) in [6.07, 6.45) is 3.56. The molecule has 0 heterocycles. The molecule has 0 saturated carbocycles. The second-order valence-electron chi connectivity index (χ2n) is 5.75. The molecule has 2 amide bonds. The van der Waals surface area contributed by atoms with Crippen LogP contribution in [-0.4, -0.2) is 43.4 Å². The monoisotopic (exact) mass is 288 g/mol. The van der Waals surface area contributed by atoms with Crippen LogP contribution in [0.3, 0.4) is 0 Å². The van der Waals surface area contributed by atoms with Gasteiger partial charge in [-0.05, 0) is 11.8 Å². The summed E-state index contributed by atoms with van der Waals surface area (Å²) in [4.78, 5) is 22.3. The summed E-state index contributed by atoms with van der Waals surface area (Å²) in [6.45, 7) is 6.89. The molecule has 0 aliphatic heterocycles. The third-order valence-electron chi connectivity index (χ3n) is 3.19. The molecule has 0 aromatic rings. The van der Waals surface area contributed by atoms with E-state index in [4.69, 9.17) is 9.84 Å². The van der Waals surface area contributed by atoms with Crippen LogP contribution in [0.15, 0.2) is 0 Å². The Kier molecular flexibility index (Phi) is 8.96. The smallest absolute Gasteiger partial charge is 0.334 e. The van der Waals surface area contributed by atoms with E-state index in [2.05, 4.69) is 31.4 Å². The van der Waals surface area contributed by atoms with Crippen molar-refractivity contribution in [3.8, 4) is 0 Å². The van der Waals surface area contributed by atoms with E-state index in [9.17, 15) is 9.59 Å². The predicted molar refractivity (Wildman–Crippen MR) is 77.8 cm³/mol. The maximum Gasteiger partial charge on any atom is 0.334 e. The Hall–Kier alpha value is -1.30. The first-order valence-corrected chi connectivity index (χ1v) is 7.09. The van der Waals surface area contributed by atoms with E-state index in [0.29, 0.717) is 6.54 Å². The van der Waals surface area contributed by atoms with Gasteiger partial charge in [0.1, 0.15) is 0 Å². The van der Waals surface area contributed by atoms with Crippen molar-refractivity contribution >= 4 is 12.0 Å². The Morgan fingerprint density at radius 1 is 1.25 bits per heavy atom. The first kappa shape index (κ1) is 18.7. The molecule has 118 valence electrons. The molecule has 3 N–H and O–H groups in total. The minimum Gasteiger partial charge on any atom is -0.479 e. The molecule has 0 spiro atoms. The number of unbranched alkanes of at least 4 members (excludes halogenated alkanes) is 2. The molecule has 0 saturated heterocycles. The minimum absolute atomic E-state index is 0.0416. The molecule has 1 unspecified atom stereocenters. The Balaban J connectivity index is 3.94. The van der Waals surface area contributed by atoms with Gasteiger partial charge in [0, 0.05) is 13.7 Å². The first-order chi connectivity index (χ1) is 9.32. The molecule has 6 nitrogen and oxygen atoms in total. The average molecular weight is 288 g/mol. The topological polar surface area (TPSA) is 87.7 Å². The second-order valence-corrected chi connectivity index (χ2v) is 5.75. The number of ether oxygens (including phenoxy) is 1. The fourth-order valence-corrected chi connectivity index (χ4v) is 1.78. The van der Waals surface area contributed by atoms with Gasteiger partial charge in [-0.1, -0.05) is 40.0 Å². The van der Waals surface area contributed by atoms with Gasteiger partial charge in [0.2, 0.25) is 0 Å². The summed E-state index contributed by atoms with van der Waals surface area (Å²) in [5.41, 5.74) is 0.0416. The van der Waals surface area contributed by atoms with Crippen LogP contribution in [0.2, 0.25) is 0 Å².